The van der Waals surface area contributed by atoms with Crippen LogP contribution in [0.15, 0.2) is 69.6 Å². The van der Waals surface area contributed by atoms with E-state index in [-0.39, 0.29) is 0 Å². The van der Waals surface area contributed by atoms with Gasteiger partial charge in [-0.1, -0.05) is 80.4 Å². The SMILES string of the molecule is OC(c1ccc(Br)cc1Br)c1cccc2ccccc12. The maximum Gasteiger partial charge on any atom is 0.106 e. The van der Waals surface area contributed by atoms with Crippen LogP contribution in [0, 0.1) is 0 Å². The van der Waals surface area contributed by atoms with Gasteiger partial charge in [-0.3, -0.25) is 0 Å². The molecule has 0 bridgehead atoms. The minimum absolute atomic E-state index is 0.649. The fourth-order valence-electron chi connectivity index (χ4n) is 2.38. The van der Waals surface area contributed by atoms with Gasteiger partial charge in [0.25, 0.3) is 0 Å². The average molecular weight is 392 g/mol. The van der Waals surface area contributed by atoms with E-state index in [4.69, 9.17) is 0 Å². The Balaban J connectivity index is 2.15. The zero-order chi connectivity index (χ0) is 14.1. The molecule has 3 aromatic carbocycles. The molecule has 0 radical (unpaired) electrons. The molecular weight excluding hydrogens is 380 g/mol. The molecule has 0 aromatic heterocycles. The second-order valence-corrected chi connectivity index (χ2v) is 6.41. The minimum atomic E-state index is -0.649. The average Bonchev–Trinajstić information content (AvgIpc) is 2.46. The highest BCUT2D eigenvalue weighted by Gasteiger charge is 2.16. The van der Waals surface area contributed by atoms with Crippen molar-refractivity contribution in [2.45, 2.75) is 6.10 Å². The molecule has 0 fully saturated rings. The van der Waals surface area contributed by atoms with Crippen LogP contribution in [0.4, 0.5) is 0 Å². The Morgan fingerprint density at radius 1 is 0.800 bits per heavy atom. The second-order valence-electron chi connectivity index (χ2n) is 4.64. The zero-order valence-corrected chi connectivity index (χ0v) is 13.7. The summed E-state index contributed by atoms with van der Waals surface area (Å²) >= 11 is 6.95. The monoisotopic (exact) mass is 390 g/mol. The number of halogens is 2. The molecule has 1 nitrogen and oxygen atoms in total. The predicted octanol–water partition coefficient (Wildman–Crippen LogP) is 5.45. The van der Waals surface area contributed by atoms with Crippen molar-refractivity contribution < 1.29 is 5.11 Å². The van der Waals surface area contributed by atoms with E-state index < -0.39 is 6.10 Å². The molecule has 1 atom stereocenters. The van der Waals surface area contributed by atoms with E-state index in [9.17, 15) is 5.11 Å². The van der Waals surface area contributed by atoms with Crippen molar-refractivity contribution in [3.8, 4) is 0 Å². The van der Waals surface area contributed by atoms with Crippen molar-refractivity contribution in [2.24, 2.45) is 0 Å². The molecule has 0 amide bonds. The minimum Gasteiger partial charge on any atom is -0.384 e. The van der Waals surface area contributed by atoms with Crippen LogP contribution in [0.5, 0.6) is 0 Å². The van der Waals surface area contributed by atoms with Crippen LogP contribution in [0.25, 0.3) is 10.8 Å². The topological polar surface area (TPSA) is 20.2 Å². The largest absolute Gasteiger partial charge is 0.384 e. The van der Waals surface area contributed by atoms with Crippen molar-refractivity contribution in [3.63, 3.8) is 0 Å². The highest BCUT2D eigenvalue weighted by molar-refractivity contribution is 9.11. The smallest absolute Gasteiger partial charge is 0.106 e. The molecule has 100 valence electrons. The first kappa shape index (κ1) is 13.8. The van der Waals surface area contributed by atoms with Gasteiger partial charge in [-0.15, -0.1) is 0 Å². The van der Waals surface area contributed by atoms with E-state index in [0.717, 1.165) is 30.8 Å². The fraction of sp³-hybridized carbons (Fsp3) is 0.0588. The van der Waals surface area contributed by atoms with E-state index in [1.807, 2.05) is 48.5 Å². The van der Waals surface area contributed by atoms with Crippen LogP contribution in [-0.2, 0) is 0 Å². The number of benzene rings is 3. The number of hydrogen-bond donors (Lipinski definition) is 1. The normalized spacial score (nSPS) is 12.6. The summed E-state index contributed by atoms with van der Waals surface area (Å²) in [5.74, 6) is 0. The lowest BCUT2D eigenvalue weighted by Gasteiger charge is -2.16. The third kappa shape index (κ3) is 2.53. The fourth-order valence-corrected chi connectivity index (χ4v) is 3.64. The molecule has 3 rings (SSSR count). The quantitative estimate of drug-likeness (QED) is 0.616. The molecule has 1 unspecified atom stereocenters. The molecule has 0 saturated carbocycles. The highest BCUT2D eigenvalue weighted by Crippen LogP contribution is 2.33. The Morgan fingerprint density at radius 3 is 2.35 bits per heavy atom. The van der Waals surface area contributed by atoms with Crippen LogP contribution in [-0.4, -0.2) is 5.11 Å². The van der Waals surface area contributed by atoms with Gasteiger partial charge >= 0.3 is 0 Å². The summed E-state index contributed by atoms with van der Waals surface area (Å²) in [4.78, 5) is 0. The van der Waals surface area contributed by atoms with E-state index >= 15 is 0 Å². The molecule has 0 aliphatic carbocycles. The molecule has 0 aliphatic heterocycles. The predicted molar refractivity (Wildman–Crippen MR) is 89.9 cm³/mol. The highest BCUT2D eigenvalue weighted by atomic mass is 79.9. The summed E-state index contributed by atoms with van der Waals surface area (Å²) in [6.07, 6.45) is -0.649. The molecule has 0 saturated heterocycles. The van der Waals surface area contributed by atoms with E-state index in [1.165, 1.54) is 0 Å². The molecule has 0 spiro atoms. The molecule has 20 heavy (non-hydrogen) atoms. The van der Waals surface area contributed by atoms with Gasteiger partial charge in [0, 0.05) is 8.95 Å². The van der Waals surface area contributed by atoms with Gasteiger partial charge in [-0.2, -0.15) is 0 Å². The van der Waals surface area contributed by atoms with Crippen molar-refractivity contribution >= 4 is 42.6 Å². The van der Waals surface area contributed by atoms with Gasteiger partial charge in [0.05, 0.1) is 0 Å². The molecule has 3 aromatic rings. The van der Waals surface area contributed by atoms with Crippen molar-refractivity contribution in [1.29, 1.82) is 0 Å². The van der Waals surface area contributed by atoms with E-state index in [1.54, 1.807) is 0 Å². The number of hydrogen-bond acceptors (Lipinski definition) is 1. The molecule has 1 N–H and O–H groups in total. The Kier molecular flexibility index (Phi) is 3.92. The molecule has 0 aliphatic rings. The third-order valence-electron chi connectivity index (χ3n) is 3.38. The first-order valence-electron chi connectivity index (χ1n) is 6.27. The lowest BCUT2D eigenvalue weighted by atomic mass is 9.96. The molecular formula is C17H12Br2O. The molecule has 3 heteroatoms. The Hall–Kier alpha value is -1.16. The van der Waals surface area contributed by atoms with Crippen LogP contribution < -0.4 is 0 Å². The summed E-state index contributed by atoms with van der Waals surface area (Å²) in [6.45, 7) is 0. The lowest BCUT2D eigenvalue weighted by molar-refractivity contribution is 0.221. The van der Waals surface area contributed by atoms with Crippen LogP contribution >= 0.6 is 31.9 Å². The maximum atomic E-state index is 10.7. The number of fused-ring (bicyclic) bond motifs is 1. The Morgan fingerprint density at radius 2 is 1.55 bits per heavy atom. The first-order chi connectivity index (χ1) is 9.66. The van der Waals surface area contributed by atoms with Crippen molar-refractivity contribution in [2.75, 3.05) is 0 Å². The standard InChI is InChI=1S/C17H12Br2O/c18-12-8-9-15(16(19)10-12)17(20)14-7-3-5-11-4-1-2-6-13(11)14/h1-10,17,20H. The van der Waals surface area contributed by atoms with Gasteiger partial charge in [0.1, 0.15) is 6.10 Å². The van der Waals surface area contributed by atoms with Crippen LogP contribution in [0.2, 0.25) is 0 Å². The summed E-state index contributed by atoms with van der Waals surface area (Å²) in [5.41, 5.74) is 1.79. The van der Waals surface area contributed by atoms with E-state index in [2.05, 4.69) is 44.0 Å². The third-order valence-corrected chi connectivity index (χ3v) is 4.56. The number of aliphatic hydroxyl groups excluding tert-OH is 1. The van der Waals surface area contributed by atoms with Crippen molar-refractivity contribution in [3.05, 3.63) is 80.7 Å². The van der Waals surface area contributed by atoms with Crippen LogP contribution in [0.1, 0.15) is 17.2 Å². The lowest BCUT2D eigenvalue weighted by Crippen LogP contribution is -2.01. The van der Waals surface area contributed by atoms with Gasteiger partial charge < -0.3 is 5.11 Å². The van der Waals surface area contributed by atoms with E-state index in [0.29, 0.717) is 0 Å². The van der Waals surface area contributed by atoms with Gasteiger partial charge in [0.2, 0.25) is 0 Å². The summed E-state index contributed by atoms with van der Waals surface area (Å²) in [6, 6.07) is 19.9. The van der Waals surface area contributed by atoms with Gasteiger partial charge in [0.15, 0.2) is 0 Å². The second kappa shape index (κ2) is 5.68. The van der Waals surface area contributed by atoms with Gasteiger partial charge in [-0.25, -0.2) is 0 Å². The molecule has 0 heterocycles. The van der Waals surface area contributed by atoms with Gasteiger partial charge in [-0.05, 0) is 34.0 Å². The van der Waals surface area contributed by atoms with Crippen LogP contribution in [0.3, 0.4) is 0 Å². The maximum absolute atomic E-state index is 10.7. The number of rotatable bonds is 2. The Labute approximate surface area is 134 Å². The summed E-state index contributed by atoms with van der Waals surface area (Å²) < 4.78 is 1.88. The zero-order valence-electron chi connectivity index (χ0n) is 10.6. The van der Waals surface area contributed by atoms with Crippen molar-refractivity contribution in [1.82, 2.24) is 0 Å². The summed E-state index contributed by atoms with van der Waals surface area (Å²) in [7, 11) is 0. The summed E-state index contributed by atoms with van der Waals surface area (Å²) in [5, 5.41) is 12.9. The first-order valence-corrected chi connectivity index (χ1v) is 7.86. The number of aliphatic hydroxyl groups is 1. The Bertz CT molecular complexity index is 763.